The van der Waals surface area contributed by atoms with Gasteiger partial charge in [-0.15, -0.1) is 0 Å². The third-order valence-corrected chi connectivity index (χ3v) is 4.42. The summed E-state index contributed by atoms with van der Waals surface area (Å²) in [5, 5.41) is 2.43. The Morgan fingerprint density at radius 2 is 2.21 bits per heavy atom. The first-order valence-corrected chi connectivity index (χ1v) is 7.98. The Bertz CT molecular complexity index is 659. The largest absolute Gasteiger partial charge is 0.363 e. The van der Waals surface area contributed by atoms with Gasteiger partial charge in [0.15, 0.2) is 0 Å². The Morgan fingerprint density at radius 3 is 2.88 bits per heavy atom. The maximum atomic E-state index is 12.6. The fraction of sp³-hybridized carbons (Fsp3) is 0.500. The highest BCUT2D eigenvalue weighted by atomic mass is 16.2. The van der Waals surface area contributed by atoms with Crippen LogP contribution in [0.3, 0.4) is 0 Å². The molecule has 128 valence electrons. The van der Waals surface area contributed by atoms with Crippen LogP contribution in [0.2, 0.25) is 0 Å². The maximum absolute atomic E-state index is 12.6. The van der Waals surface area contributed by atoms with Crippen LogP contribution in [-0.2, 0) is 9.59 Å². The van der Waals surface area contributed by atoms with E-state index in [4.69, 9.17) is 0 Å². The lowest BCUT2D eigenvalue weighted by Crippen LogP contribution is -2.42. The number of nitrogens with one attached hydrogen (secondary N) is 1. The topological polar surface area (TPSA) is 85.9 Å². The SMILES string of the molecule is CN(C)c1cc(C2CCCN2C(=O)CN2C(=O)CNC2=O)ccn1. The molecule has 0 saturated carbocycles. The van der Waals surface area contributed by atoms with Gasteiger partial charge in [0.1, 0.15) is 12.4 Å². The monoisotopic (exact) mass is 331 g/mol. The number of imide groups is 1. The molecule has 1 aromatic heterocycles. The highest BCUT2D eigenvalue weighted by Crippen LogP contribution is 2.33. The number of nitrogens with zero attached hydrogens (tertiary/aromatic N) is 4. The molecular weight excluding hydrogens is 310 g/mol. The molecule has 2 fully saturated rings. The minimum Gasteiger partial charge on any atom is -0.363 e. The Hall–Kier alpha value is -2.64. The van der Waals surface area contributed by atoms with Crippen LogP contribution in [0.25, 0.3) is 0 Å². The number of hydrogen-bond acceptors (Lipinski definition) is 5. The quantitative estimate of drug-likeness (QED) is 0.805. The Balaban J connectivity index is 1.75. The lowest BCUT2D eigenvalue weighted by atomic mass is 10.1. The molecule has 0 aliphatic carbocycles. The average Bonchev–Trinajstić information content (AvgIpc) is 3.17. The predicted octanol–water partition coefficient (Wildman–Crippen LogP) is 0.363. The van der Waals surface area contributed by atoms with Crippen molar-refractivity contribution in [2.24, 2.45) is 0 Å². The summed E-state index contributed by atoms with van der Waals surface area (Å²) in [6, 6.07) is 3.35. The molecule has 2 aliphatic rings. The van der Waals surface area contributed by atoms with Gasteiger partial charge in [0.2, 0.25) is 5.91 Å². The normalized spacial score (nSPS) is 20.5. The predicted molar refractivity (Wildman–Crippen MR) is 87.4 cm³/mol. The minimum absolute atomic E-state index is 0.0356. The van der Waals surface area contributed by atoms with Crippen LogP contribution in [0, 0.1) is 0 Å². The van der Waals surface area contributed by atoms with E-state index in [0.29, 0.717) is 6.54 Å². The van der Waals surface area contributed by atoms with Crippen molar-refractivity contribution < 1.29 is 14.4 Å². The molecule has 1 atom stereocenters. The maximum Gasteiger partial charge on any atom is 0.325 e. The van der Waals surface area contributed by atoms with Crippen molar-refractivity contribution in [3.05, 3.63) is 23.9 Å². The van der Waals surface area contributed by atoms with Crippen LogP contribution in [0.5, 0.6) is 0 Å². The molecule has 0 spiro atoms. The summed E-state index contributed by atoms with van der Waals surface area (Å²) in [5.74, 6) is 0.273. The third kappa shape index (κ3) is 3.04. The van der Waals surface area contributed by atoms with Gasteiger partial charge in [0.25, 0.3) is 5.91 Å². The number of carbonyl (C=O) groups is 3. The van der Waals surface area contributed by atoms with Gasteiger partial charge in [-0.25, -0.2) is 9.78 Å². The van der Waals surface area contributed by atoms with E-state index in [0.717, 1.165) is 29.1 Å². The number of hydrogen-bond donors (Lipinski definition) is 1. The first-order chi connectivity index (χ1) is 11.5. The van der Waals surface area contributed by atoms with Gasteiger partial charge < -0.3 is 15.1 Å². The van der Waals surface area contributed by atoms with Gasteiger partial charge >= 0.3 is 6.03 Å². The average molecular weight is 331 g/mol. The molecule has 0 bridgehead atoms. The second kappa shape index (κ2) is 6.46. The number of pyridine rings is 1. The number of likely N-dealkylation sites (tertiary alicyclic amines) is 1. The zero-order chi connectivity index (χ0) is 17.3. The van der Waals surface area contributed by atoms with E-state index in [9.17, 15) is 14.4 Å². The first-order valence-electron chi connectivity index (χ1n) is 7.98. The first kappa shape index (κ1) is 16.2. The zero-order valence-electron chi connectivity index (χ0n) is 13.9. The molecule has 0 aromatic carbocycles. The van der Waals surface area contributed by atoms with E-state index in [-0.39, 0.29) is 30.9 Å². The van der Waals surface area contributed by atoms with Crippen molar-refractivity contribution in [2.75, 3.05) is 38.6 Å². The number of urea groups is 1. The van der Waals surface area contributed by atoms with E-state index in [1.807, 2.05) is 31.1 Å². The van der Waals surface area contributed by atoms with Crippen molar-refractivity contribution in [2.45, 2.75) is 18.9 Å². The summed E-state index contributed by atoms with van der Waals surface area (Å²) in [7, 11) is 3.84. The summed E-state index contributed by atoms with van der Waals surface area (Å²) >= 11 is 0. The van der Waals surface area contributed by atoms with E-state index < -0.39 is 6.03 Å². The van der Waals surface area contributed by atoms with Crippen molar-refractivity contribution in [1.82, 2.24) is 20.1 Å². The molecule has 1 N–H and O–H groups in total. The van der Waals surface area contributed by atoms with Crippen LogP contribution in [0.1, 0.15) is 24.4 Å². The van der Waals surface area contributed by atoms with Gasteiger partial charge in [-0.1, -0.05) is 0 Å². The summed E-state index contributed by atoms with van der Waals surface area (Å²) < 4.78 is 0. The van der Waals surface area contributed by atoms with Crippen LogP contribution >= 0.6 is 0 Å². The molecular formula is C16H21N5O3. The molecule has 8 nitrogen and oxygen atoms in total. The van der Waals surface area contributed by atoms with Crippen molar-refractivity contribution in [3.8, 4) is 0 Å². The Labute approximate surface area is 140 Å². The number of amides is 4. The molecule has 0 radical (unpaired) electrons. The molecule has 1 unspecified atom stereocenters. The fourth-order valence-electron chi connectivity index (χ4n) is 3.14. The van der Waals surface area contributed by atoms with E-state index in [1.165, 1.54) is 0 Å². The van der Waals surface area contributed by atoms with Crippen LogP contribution in [0.15, 0.2) is 18.3 Å². The summed E-state index contributed by atoms with van der Waals surface area (Å²) in [5.41, 5.74) is 1.02. The van der Waals surface area contributed by atoms with Gasteiger partial charge in [0.05, 0.1) is 12.6 Å². The molecule has 2 aliphatic heterocycles. The molecule has 8 heteroatoms. The molecule has 3 rings (SSSR count). The summed E-state index contributed by atoms with van der Waals surface area (Å²) in [6.45, 7) is 0.394. The summed E-state index contributed by atoms with van der Waals surface area (Å²) in [4.78, 5) is 44.9. The lowest BCUT2D eigenvalue weighted by Gasteiger charge is -2.27. The van der Waals surface area contributed by atoms with Gasteiger partial charge in [-0.05, 0) is 30.5 Å². The highest BCUT2D eigenvalue weighted by molar-refractivity contribution is 6.04. The molecule has 2 saturated heterocycles. The van der Waals surface area contributed by atoms with Crippen LogP contribution < -0.4 is 10.2 Å². The van der Waals surface area contributed by atoms with Gasteiger partial charge in [-0.3, -0.25) is 14.5 Å². The number of carbonyl (C=O) groups excluding carboxylic acids is 3. The van der Waals surface area contributed by atoms with Crippen LogP contribution in [-0.4, -0.2) is 66.4 Å². The number of aromatic nitrogens is 1. The third-order valence-electron chi connectivity index (χ3n) is 4.42. The lowest BCUT2D eigenvalue weighted by molar-refractivity contribution is -0.137. The summed E-state index contributed by atoms with van der Waals surface area (Å²) in [6.07, 6.45) is 3.50. The number of anilines is 1. The molecule has 3 heterocycles. The highest BCUT2D eigenvalue weighted by Gasteiger charge is 2.35. The zero-order valence-corrected chi connectivity index (χ0v) is 13.9. The van der Waals surface area contributed by atoms with Crippen molar-refractivity contribution in [1.29, 1.82) is 0 Å². The van der Waals surface area contributed by atoms with E-state index >= 15 is 0 Å². The number of rotatable bonds is 4. The van der Waals surface area contributed by atoms with Crippen molar-refractivity contribution in [3.63, 3.8) is 0 Å². The smallest absolute Gasteiger partial charge is 0.325 e. The molecule has 24 heavy (non-hydrogen) atoms. The molecule has 4 amide bonds. The second-order valence-corrected chi connectivity index (χ2v) is 6.23. The standard InChI is InChI=1S/C16H21N5O3/c1-19(2)13-8-11(5-6-17-13)12-4-3-7-20(12)15(23)10-21-14(22)9-18-16(21)24/h5-6,8,12H,3-4,7,9-10H2,1-2H3,(H,18,24). The van der Waals surface area contributed by atoms with Crippen molar-refractivity contribution >= 4 is 23.7 Å². The van der Waals surface area contributed by atoms with Gasteiger partial charge in [-0.2, -0.15) is 0 Å². The van der Waals surface area contributed by atoms with E-state index in [1.54, 1.807) is 11.1 Å². The minimum atomic E-state index is -0.497. The fourth-order valence-corrected chi connectivity index (χ4v) is 3.14. The molecule has 1 aromatic rings. The van der Waals surface area contributed by atoms with E-state index in [2.05, 4.69) is 10.3 Å². The second-order valence-electron chi connectivity index (χ2n) is 6.23. The van der Waals surface area contributed by atoms with Crippen LogP contribution in [0.4, 0.5) is 10.6 Å². The van der Waals surface area contributed by atoms with Gasteiger partial charge in [0, 0.05) is 26.8 Å². The Morgan fingerprint density at radius 1 is 1.42 bits per heavy atom. The Kier molecular flexibility index (Phi) is 4.37.